The van der Waals surface area contributed by atoms with Crippen molar-refractivity contribution in [1.82, 2.24) is 9.62 Å². The number of hydrogen-bond acceptors (Lipinski definition) is 4. The Balaban J connectivity index is 1.72. The van der Waals surface area contributed by atoms with Gasteiger partial charge in [-0.15, -0.1) is 0 Å². The van der Waals surface area contributed by atoms with Crippen molar-refractivity contribution >= 4 is 10.0 Å². The number of aliphatic hydroxyl groups is 1. The second-order valence-electron chi connectivity index (χ2n) is 8.05. The number of likely N-dealkylation sites (tertiary alicyclic amines) is 1. The van der Waals surface area contributed by atoms with Crippen molar-refractivity contribution in [2.45, 2.75) is 58.3 Å². The SMILES string of the molecule is CCS(=O)(=O)N[C@@H]1CC2(C[C@H]1O)CN(Cc1ccccc1)C2C(C)C. The summed E-state index contributed by atoms with van der Waals surface area (Å²) in [5.74, 6) is 0.517. The summed E-state index contributed by atoms with van der Waals surface area (Å²) < 4.78 is 26.5. The van der Waals surface area contributed by atoms with Gasteiger partial charge in [-0.25, -0.2) is 13.1 Å². The van der Waals surface area contributed by atoms with Gasteiger partial charge in [0.1, 0.15) is 0 Å². The molecule has 0 radical (unpaired) electrons. The second-order valence-corrected chi connectivity index (χ2v) is 10.1. The van der Waals surface area contributed by atoms with Gasteiger partial charge in [0.2, 0.25) is 10.0 Å². The molecular formula is C19H30N2O3S. The molecule has 1 aromatic rings. The zero-order chi connectivity index (χ0) is 18.2. The standard InChI is InChI=1S/C19H30N2O3S/c1-4-25(23,24)20-16-10-19(11-17(16)22)13-21(18(19)14(2)3)12-15-8-6-5-7-9-15/h5-9,14,16-18,20,22H,4,10-13H2,1-3H3/t16-,17-,18?,19?/m1/s1. The van der Waals surface area contributed by atoms with Gasteiger partial charge in [-0.3, -0.25) is 4.90 Å². The summed E-state index contributed by atoms with van der Waals surface area (Å²) >= 11 is 0. The molecular weight excluding hydrogens is 336 g/mol. The first-order valence-corrected chi connectivity index (χ1v) is 10.9. The lowest BCUT2D eigenvalue weighted by atomic mass is 9.65. The first kappa shape index (κ1) is 18.8. The normalized spacial score (nSPS) is 33.1. The van der Waals surface area contributed by atoms with E-state index >= 15 is 0 Å². The monoisotopic (exact) mass is 366 g/mol. The Hall–Kier alpha value is -0.950. The lowest BCUT2D eigenvalue weighted by molar-refractivity contribution is -0.105. The fourth-order valence-corrected chi connectivity index (χ4v) is 5.86. The van der Waals surface area contributed by atoms with Crippen molar-refractivity contribution in [2.75, 3.05) is 12.3 Å². The highest BCUT2D eigenvalue weighted by Crippen LogP contribution is 2.53. The maximum atomic E-state index is 11.9. The summed E-state index contributed by atoms with van der Waals surface area (Å²) in [6.45, 7) is 7.90. The topological polar surface area (TPSA) is 69.6 Å². The molecule has 1 heterocycles. The molecule has 2 aliphatic rings. The average Bonchev–Trinajstić information content (AvgIpc) is 2.84. The third-order valence-corrected chi connectivity index (χ3v) is 7.24. The lowest BCUT2D eigenvalue weighted by Crippen LogP contribution is -2.65. The second kappa shape index (κ2) is 6.99. The summed E-state index contributed by atoms with van der Waals surface area (Å²) in [6, 6.07) is 10.4. The third-order valence-electron chi connectivity index (χ3n) is 5.82. The van der Waals surface area contributed by atoms with Crippen LogP contribution >= 0.6 is 0 Å². The van der Waals surface area contributed by atoms with Crippen molar-refractivity contribution < 1.29 is 13.5 Å². The summed E-state index contributed by atoms with van der Waals surface area (Å²) in [5.41, 5.74) is 1.31. The van der Waals surface area contributed by atoms with Crippen molar-refractivity contribution in [3.05, 3.63) is 35.9 Å². The van der Waals surface area contributed by atoms with E-state index in [0.29, 0.717) is 18.4 Å². The van der Waals surface area contributed by atoms with Gasteiger partial charge >= 0.3 is 0 Å². The third kappa shape index (κ3) is 3.77. The quantitative estimate of drug-likeness (QED) is 0.808. The highest BCUT2D eigenvalue weighted by Gasteiger charge is 2.59. The number of benzene rings is 1. The number of aliphatic hydroxyl groups excluding tert-OH is 1. The van der Waals surface area contributed by atoms with Crippen molar-refractivity contribution in [3.63, 3.8) is 0 Å². The summed E-state index contributed by atoms with van der Waals surface area (Å²) in [6.07, 6.45) is 0.806. The maximum absolute atomic E-state index is 11.9. The van der Waals surface area contributed by atoms with Gasteiger partial charge in [0, 0.05) is 30.6 Å². The minimum absolute atomic E-state index is 0.0172. The van der Waals surface area contributed by atoms with E-state index in [9.17, 15) is 13.5 Å². The van der Waals surface area contributed by atoms with E-state index < -0.39 is 16.1 Å². The van der Waals surface area contributed by atoms with Crippen LogP contribution in [0.5, 0.6) is 0 Å². The molecule has 1 spiro atoms. The van der Waals surface area contributed by atoms with E-state index in [2.05, 4.69) is 47.7 Å². The molecule has 1 aliphatic heterocycles. The fourth-order valence-electron chi connectivity index (χ4n) is 4.99. The number of hydrogen-bond donors (Lipinski definition) is 2. The molecule has 0 amide bonds. The molecule has 2 fully saturated rings. The van der Waals surface area contributed by atoms with E-state index in [4.69, 9.17) is 0 Å². The van der Waals surface area contributed by atoms with Gasteiger partial charge in [-0.05, 0) is 31.2 Å². The molecule has 4 atom stereocenters. The maximum Gasteiger partial charge on any atom is 0.211 e. The molecule has 1 saturated heterocycles. The Kier molecular flexibility index (Phi) is 5.26. The number of sulfonamides is 1. The fraction of sp³-hybridized carbons (Fsp3) is 0.684. The average molecular weight is 367 g/mol. The van der Waals surface area contributed by atoms with Crippen molar-refractivity contribution in [3.8, 4) is 0 Å². The molecule has 0 bridgehead atoms. The predicted octanol–water partition coefficient (Wildman–Crippen LogP) is 1.98. The molecule has 140 valence electrons. The molecule has 1 aliphatic carbocycles. The van der Waals surface area contributed by atoms with Crippen LogP contribution in [0.25, 0.3) is 0 Å². The minimum atomic E-state index is -3.29. The number of rotatable bonds is 6. The van der Waals surface area contributed by atoms with Gasteiger partial charge in [-0.1, -0.05) is 44.2 Å². The van der Waals surface area contributed by atoms with E-state index in [1.165, 1.54) is 5.56 Å². The Morgan fingerprint density at radius 1 is 1.28 bits per heavy atom. The van der Waals surface area contributed by atoms with Gasteiger partial charge in [0.25, 0.3) is 0 Å². The first-order valence-electron chi connectivity index (χ1n) is 9.22. The van der Waals surface area contributed by atoms with Crippen LogP contribution in [-0.4, -0.2) is 48.9 Å². The Labute approximate surface area is 151 Å². The van der Waals surface area contributed by atoms with E-state index in [-0.39, 0.29) is 17.2 Å². The highest BCUT2D eigenvalue weighted by atomic mass is 32.2. The first-order chi connectivity index (χ1) is 11.8. The summed E-state index contributed by atoms with van der Waals surface area (Å²) in [7, 11) is -3.29. The van der Waals surface area contributed by atoms with Crippen LogP contribution in [0.1, 0.15) is 39.2 Å². The van der Waals surface area contributed by atoms with Crippen molar-refractivity contribution in [2.24, 2.45) is 11.3 Å². The van der Waals surface area contributed by atoms with E-state index in [0.717, 1.165) is 19.5 Å². The van der Waals surface area contributed by atoms with Crippen molar-refractivity contribution in [1.29, 1.82) is 0 Å². The Morgan fingerprint density at radius 3 is 2.56 bits per heavy atom. The summed E-state index contributed by atoms with van der Waals surface area (Å²) in [5, 5.41) is 10.5. The molecule has 1 saturated carbocycles. The molecule has 0 aromatic heterocycles. The molecule has 5 nitrogen and oxygen atoms in total. The lowest BCUT2D eigenvalue weighted by Gasteiger charge is -2.58. The molecule has 3 rings (SSSR count). The molecule has 2 N–H and O–H groups in total. The largest absolute Gasteiger partial charge is 0.391 e. The Bertz CT molecular complexity index is 692. The van der Waals surface area contributed by atoms with Crippen LogP contribution in [0.15, 0.2) is 30.3 Å². The molecule has 2 unspecified atom stereocenters. The van der Waals surface area contributed by atoms with Crippen LogP contribution in [0.2, 0.25) is 0 Å². The zero-order valence-electron chi connectivity index (χ0n) is 15.4. The minimum Gasteiger partial charge on any atom is -0.391 e. The zero-order valence-corrected chi connectivity index (χ0v) is 16.2. The molecule has 25 heavy (non-hydrogen) atoms. The smallest absolute Gasteiger partial charge is 0.211 e. The van der Waals surface area contributed by atoms with E-state index in [1.54, 1.807) is 6.92 Å². The summed E-state index contributed by atoms with van der Waals surface area (Å²) in [4.78, 5) is 2.48. The van der Waals surface area contributed by atoms with E-state index in [1.807, 2.05) is 6.07 Å². The van der Waals surface area contributed by atoms with Crippen LogP contribution < -0.4 is 4.72 Å². The predicted molar refractivity (Wildman–Crippen MR) is 99.5 cm³/mol. The molecule has 6 heteroatoms. The van der Waals surface area contributed by atoms with Gasteiger partial charge in [-0.2, -0.15) is 0 Å². The number of nitrogens with zero attached hydrogens (tertiary/aromatic N) is 1. The number of nitrogens with one attached hydrogen (secondary N) is 1. The molecule has 1 aromatic carbocycles. The van der Waals surface area contributed by atoms with Gasteiger partial charge in [0.15, 0.2) is 0 Å². The van der Waals surface area contributed by atoms with Gasteiger partial charge < -0.3 is 5.11 Å². The highest BCUT2D eigenvalue weighted by molar-refractivity contribution is 7.89. The van der Waals surface area contributed by atoms with Crippen LogP contribution in [0.3, 0.4) is 0 Å². The van der Waals surface area contributed by atoms with Crippen LogP contribution in [0.4, 0.5) is 0 Å². The van der Waals surface area contributed by atoms with Gasteiger partial charge in [0.05, 0.1) is 11.9 Å². The Morgan fingerprint density at radius 2 is 1.96 bits per heavy atom. The van der Waals surface area contributed by atoms with Crippen LogP contribution in [0, 0.1) is 11.3 Å². The van der Waals surface area contributed by atoms with Crippen LogP contribution in [-0.2, 0) is 16.6 Å².